The van der Waals surface area contributed by atoms with Gasteiger partial charge < -0.3 is 14.4 Å². The van der Waals surface area contributed by atoms with Gasteiger partial charge in [0.25, 0.3) is 0 Å². The molecule has 1 fully saturated rings. The van der Waals surface area contributed by atoms with Gasteiger partial charge in [-0.1, -0.05) is 72.6 Å². The van der Waals surface area contributed by atoms with Gasteiger partial charge in [-0.15, -0.1) is 53.2 Å². The number of rotatable bonds is 4. The summed E-state index contributed by atoms with van der Waals surface area (Å²) < 4.78 is 6.34. The van der Waals surface area contributed by atoms with Gasteiger partial charge in [0.05, 0.1) is 5.58 Å². The third-order valence-corrected chi connectivity index (χ3v) is 9.01. The molecule has 1 aliphatic rings. The van der Waals surface area contributed by atoms with Crippen molar-refractivity contribution in [3.8, 4) is 22.5 Å². The van der Waals surface area contributed by atoms with Crippen molar-refractivity contribution < 1.29 is 24.5 Å². The monoisotopic (exact) mass is 703 g/mol. The fourth-order valence-corrected chi connectivity index (χ4v) is 6.39. The second-order valence-electron chi connectivity index (χ2n) is 10.9. The topological polar surface area (TPSA) is 38.9 Å². The molecule has 0 N–H and O–H groups in total. The van der Waals surface area contributed by atoms with Crippen molar-refractivity contribution in [1.82, 2.24) is 9.97 Å². The van der Waals surface area contributed by atoms with Crippen molar-refractivity contribution in [3.63, 3.8) is 0 Å². The van der Waals surface area contributed by atoms with Crippen molar-refractivity contribution in [1.29, 1.82) is 0 Å². The van der Waals surface area contributed by atoms with Gasteiger partial charge in [-0.3, -0.25) is 0 Å². The zero-order chi connectivity index (χ0) is 26.1. The minimum atomic E-state index is -1.53. The second kappa shape index (κ2) is 11.4. The number of aromatic nitrogens is 2. The normalized spacial score (nSPS) is 13.0. The van der Waals surface area contributed by atoms with Crippen LogP contribution in [0.15, 0.2) is 102 Å². The molecule has 0 unspecified atom stereocenters. The van der Waals surface area contributed by atoms with Crippen LogP contribution in [0.5, 0.6) is 0 Å². The quantitative estimate of drug-likeness (QED) is 0.137. The van der Waals surface area contributed by atoms with Gasteiger partial charge in [-0.05, 0) is 48.3 Å². The van der Waals surface area contributed by atoms with Gasteiger partial charge in [-0.2, -0.15) is 0 Å². The molecule has 5 heteroatoms. The van der Waals surface area contributed by atoms with E-state index in [2.05, 4.69) is 78.1 Å². The van der Waals surface area contributed by atoms with Gasteiger partial charge in [0.1, 0.15) is 5.58 Å². The molecule has 0 bridgehead atoms. The Balaban J connectivity index is 0.000000200. The Labute approximate surface area is 244 Å². The van der Waals surface area contributed by atoms with E-state index in [0.717, 1.165) is 33.7 Å². The zero-order valence-corrected chi connectivity index (χ0v) is 25.8. The first-order valence-corrected chi connectivity index (χ1v) is 16.7. The van der Waals surface area contributed by atoms with Crippen LogP contribution in [0.2, 0.25) is 19.6 Å². The number of benzene rings is 3. The maximum absolute atomic E-state index is 6.34. The Bertz CT molecular complexity index is 1670. The largest absolute Gasteiger partial charge is 0.501 e. The summed E-state index contributed by atoms with van der Waals surface area (Å²) in [6, 6.07) is 35.3. The average molecular weight is 703 g/mol. The second-order valence-corrected chi connectivity index (χ2v) is 15.9. The van der Waals surface area contributed by atoms with Crippen LogP contribution in [0.1, 0.15) is 24.3 Å². The Morgan fingerprint density at radius 3 is 2.31 bits per heavy atom. The molecule has 1 saturated carbocycles. The summed E-state index contributed by atoms with van der Waals surface area (Å²) in [5.74, 6) is 0.712. The van der Waals surface area contributed by atoms with Crippen LogP contribution in [-0.2, 0) is 20.1 Å². The van der Waals surface area contributed by atoms with E-state index in [-0.39, 0.29) is 20.1 Å². The zero-order valence-electron chi connectivity index (χ0n) is 22.4. The predicted molar refractivity (Wildman–Crippen MR) is 159 cm³/mol. The van der Waals surface area contributed by atoms with Gasteiger partial charge in [0.15, 0.2) is 0 Å². The minimum absolute atomic E-state index is 0. The van der Waals surface area contributed by atoms with Crippen LogP contribution in [0.3, 0.4) is 0 Å². The third kappa shape index (κ3) is 5.81. The van der Waals surface area contributed by atoms with Crippen LogP contribution in [0, 0.1) is 12.1 Å². The SMILES string of the molecule is C[Si](C)(C)c1c[c-]c(-c2cc(C3CC3)ccn2)c2oc3ccccc3c12.[Ir].[c-]1ccccc1-c1ccccn1. The number of nitrogens with zero attached hydrogens (tertiary/aromatic N) is 2. The van der Waals surface area contributed by atoms with Crippen molar-refractivity contribution in [2.75, 3.05) is 0 Å². The summed E-state index contributed by atoms with van der Waals surface area (Å²) in [4.78, 5) is 8.87. The summed E-state index contributed by atoms with van der Waals surface area (Å²) in [7, 11) is -1.53. The first kappa shape index (κ1) is 27.2. The summed E-state index contributed by atoms with van der Waals surface area (Å²) >= 11 is 0. The van der Waals surface area contributed by atoms with Crippen molar-refractivity contribution in [2.45, 2.75) is 38.4 Å². The maximum atomic E-state index is 6.34. The Hall–Kier alpha value is -3.37. The first-order chi connectivity index (χ1) is 18.5. The molecule has 3 nitrogen and oxygen atoms in total. The molecule has 0 aliphatic heterocycles. The van der Waals surface area contributed by atoms with Crippen LogP contribution >= 0.6 is 0 Å². The Morgan fingerprint density at radius 1 is 0.821 bits per heavy atom. The molecule has 1 aliphatic carbocycles. The van der Waals surface area contributed by atoms with E-state index >= 15 is 0 Å². The smallest absolute Gasteiger partial charge is 0.120 e. The molecule has 3 heterocycles. The molecule has 3 aromatic heterocycles. The Kier molecular flexibility index (Phi) is 7.95. The van der Waals surface area contributed by atoms with Gasteiger partial charge in [0.2, 0.25) is 0 Å². The molecule has 0 atom stereocenters. The molecule has 0 amide bonds. The summed E-state index contributed by atoms with van der Waals surface area (Å²) in [5.41, 5.74) is 7.24. The maximum Gasteiger partial charge on any atom is 0.120 e. The molecule has 3 aromatic carbocycles. The summed E-state index contributed by atoms with van der Waals surface area (Å²) in [5, 5.41) is 3.86. The van der Waals surface area contributed by atoms with Crippen molar-refractivity contribution in [2.24, 2.45) is 0 Å². The van der Waals surface area contributed by atoms with Crippen LogP contribution in [-0.4, -0.2) is 18.0 Å². The summed E-state index contributed by atoms with van der Waals surface area (Å²) in [6.07, 6.45) is 6.30. The number of hydrogen-bond donors (Lipinski definition) is 0. The predicted octanol–water partition coefficient (Wildman–Crippen LogP) is 8.42. The van der Waals surface area contributed by atoms with Gasteiger partial charge >= 0.3 is 0 Å². The average Bonchev–Trinajstić information content (AvgIpc) is 3.74. The van der Waals surface area contributed by atoms with Crippen LogP contribution in [0.25, 0.3) is 44.5 Å². The van der Waals surface area contributed by atoms with Crippen molar-refractivity contribution in [3.05, 3.63) is 115 Å². The third-order valence-electron chi connectivity index (χ3n) is 7.00. The van der Waals surface area contributed by atoms with Gasteiger partial charge in [0, 0.05) is 46.0 Å². The van der Waals surface area contributed by atoms with E-state index in [4.69, 9.17) is 4.42 Å². The van der Waals surface area contributed by atoms with E-state index in [1.807, 2.05) is 54.7 Å². The van der Waals surface area contributed by atoms with Crippen LogP contribution in [0.4, 0.5) is 0 Å². The number of para-hydroxylation sites is 1. The van der Waals surface area contributed by atoms with E-state index in [1.54, 1.807) is 6.20 Å². The number of pyridine rings is 2. The summed E-state index contributed by atoms with van der Waals surface area (Å²) in [6.45, 7) is 7.13. The fraction of sp³-hybridized carbons (Fsp3) is 0.176. The molecule has 39 heavy (non-hydrogen) atoms. The number of hydrogen-bond acceptors (Lipinski definition) is 3. The van der Waals surface area contributed by atoms with E-state index in [0.29, 0.717) is 5.92 Å². The molecule has 197 valence electrons. The number of fused-ring (bicyclic) bond motifs is 3. The Morgan fingerprint density at radius 2 is 1.59 bits per heavy atom. The minimum Gasteiger partial charge on any atom is -0.501 e. The molecule has 1 radical (unpaired) electrons. The molecule has 0 saturated heterocycles. The van der Waals surface area contributed by atoms with Gasteiger partial charge in [-0.25, -0.2) is 0 Å². The molecule has 7 rings (SSSR count). The first-order valence-electron chi connectivity index (χ1n) is 13.2. The van der Waals surface area contributed by atoms with Crippen molar-refractivity contribution >= 4 is 35.2 Å². The van der Waals surface area contributed by atoms with E-state index in [1.165, 1.54) is 34.4 Å². The van der Waals surface area contributed by atoms with E-state index < -0.39 is 8.07 Å². The molecular formula is C34H30IrN2OSi-2. The van der Waals surface area contributed by atoms with Crippen LogP contribution < -0.4 is 5.19 Å². The number of furan rings is 1. The standard InChI is InChI=1S/C23H22NOSi.C11H8N.Ir/c1-26(2,3)21-11-10-17(19-14-16(12-13-24-19)15-8-9-15)23-22(21)18-6-4-5-7-20(18)25-23;1-2-6-10(7-3-1)11-8-4-5-9-12-11;/h4-7,11-15H,8-9H2,1-3H3;1-6,8-9H;/q2*-1;. The molecule has 6 aromatic rings. The van der Waals surface area contributed by atoms with E-state index in [9.17, 15) is 0 Å². The molecule has 0 spiro atoms. The molecular weight excluding hydrogens is 673 g/mol. The fourth-order valence-electron chi connectivity index (χ4n) is 4.88.